The van der Waals surface area contributed by atoms with E-state index in [4.69, 9.17) is 5.11 Å². The predicted octanol–water partition coefficient (Wildman–Crippen LogP) is 1.27. The second kappa shape index (κ2) is 6.86. The number of hydrogen-bond acceptors (Lipinski definition) is 3. The molecule has 0 heterocycles. The molecule has 0 saturated heterocycles. The lowest BCUT2D eigenvalue weighted by Crippen LogP contribution is -2.47. The number of aliphatic carboxylic acids is 1. The minimum absolute atomic E-state index is 0.557. The van der Waals surface area contributed by atoms with Crippen LogP contribution in [0.2, 0.25) is 0 Å². The molecule has 0 radical (unpaired) electrons. The lowest BCUT2D eigenvalue weighted by Gasteiger charge is -2.15. The summed E-state index contributed by atoms with van der Waals surface area (Å²) in [5, 5.41) is 20.4. The normalized spacial score (nSPS) is 14.0. The molecule has 108 valence electrons. The van der Waals surface area contributed by atoms with E-state index in [0.29, 0.717) is 0 Å². The predicted molar refractivity (Wildman–Crippen MR) is 76.2 cm³/mol. The maximum atomic E-state index is 11.6. The van der Waals surface area contributed by atoms with Crippen LogP contribution in [0.15, 0.2) is 24.3 Å². The molecule has 0 unspecified atom stereocenters. The van der Waals surface area contributed by atoms with Crippen molar-refractivity contribution in [3.63, 3.8) is 0 Å². The number of carboxylic acids is 1. The molecule has 0 bridgehead atoms. The molecule has 1 aromatic carbocycles. The number of hydrogen-bond donors (Lipinski definition) is 3. The molecular formula is C15H19NO4. The molecule has 0 aliphatic carbocycles. The summed E-state index contributed by atoms with van der Waals surface area (Å²) in [6, 6.07) is 4.50. The summed E-state index contributed by atoms with van der Waals surface area (Å²) >= 11 is 0. The molecule has 2 atom stereocenters. The Balaban J connectivity index is 2.75. The van der Waals surface area contributed by atoms with Crippen LogP contribution in [0.5, 0.6) is 0 Å². The molecule has 0 aromatic heterocycles. The topological polar surface area (TPSA) is 86.6 Å². The fourth-order valence-corrected chi connectivity index (χ4v) is 1.77. The van der Waals surface area contributed by atoms with E-state index in [1.54, 1.807) is 6.08 Å². The third-order valence-electron chi connectivity index (χ3n) is 2.89. The lowest BCUT2D eigenvalue weighted by atomic mass is 10.1. The maximum absolute atomic E-state index is 11.6. The molecule has 20 heavy (non-hydrogen) atoms. The minimum Gasteiger partial charge on any atom is -0.480 e. The van der Waals surface area contributed by atoms with Gasteiger partial charge < -0.3 is 15.5 Å². The van der Waals surface area contributed by atoms with E-state index in [9.17, 15) is 14.7 Å². The van der Waals surface area contributed by atoms with Crippen LogP contribution < -0.4 is 5.32 Å². The van der Waals surface area contributed by atoms with Crippen molar-refractivity contribution < 1.29 is 19.8 Å². The van der Waals surface area contributed by atoms with E-state index in [1.165, 1.54) is 13.0 Å². The molecule has 0 spiro atoms. The molecule has 1 aromatic rings. The van der Waals surface area contributed by atoms with Crippen molar-refractivity contribution in [2.75, 3.05) is 0 Å². The highest BCUT2D eigenvalue weighted by Gasteiger charge is 2.23. The Bertz CT molecular complexity index is 535. The number of nitrogens with one attached hydrogen (secondary N) is 1. The summed E-state index contributed by atoms with van der Waals surface area (Å²) in [4.78, 5) is 22.5. The average Bonchev–Trinajstić information content (AvgIpc) is 2.34. The first-order valence-corrected chi connectivity index (χ1v) is 6.28. The molecule has 3 N–H and O–H groups in total. The van der Waals surface area contributed by atoms with Gasteiger partial charge in [0.25, 0.3) is 0 Å². The number of aliphatic hydroxyl groups is 1. The van der Waals surface area contributed by atoms with Crippen molar-refractivity contribution in [2.45, 2.75) is 32.9 Å². The first kappa shape index (κ1) is 15.9. The molecule has 1 rings (SSSR count). The zero-order chi connectivity index (χ0) is 15.3. The van der Waals surface area contributed by atoms with Crippen molar-refractivity contribution >= 4 is 18.0 Å². The van der Waals surface area contributed by atoms with Gasteiger partial charge in [-0.2, -0.15) is 0 Å². The van der Waals surface area contributed by atoms with Crippen molar-refractivity contribution in [1.29, 1.82) is 0 Å². The monoisotopic (exact) mass is 277 g/mol. The molecule has 5 heteroatoms. The summed E-state index contributed by atoms with van der Waals surface area (Å²) in [5.41, 5.74) is 3.04. The standard InChI is InChI=1S/C15H19NO4/c1-9-4-5-12(10(2)8-9)6-7-13(18)16-14(11(3)17)15(19)20/h4-8,11,14,17H,1-3H3,(H,16,18)(H,19,20)/b7-6+/t11-,14+/m1/s1. The Morgan fingerprint density at radius 2 is 1.95 bits per heavy atom. The number of aryl methyl sites for hydroxylation is 2. The van der Waals surface area contributed by atoms with Gasteiger partial charge >= 0.3 is 5.97 Å². The number of amides is 1. The molecule has 0 saturated carbocycles. The number of benzene rings is 1. The van der Waals surface area contributed by atoms with Crippen LogP contribution in [0, 0.1) is 13.8 Å². The fourth-order valence-electron chi connectivity index (χ4n) is 1.77. The van der Waals surface area contributed by atoms with Crippen molar-refractivity contribution in [1.82, 2.24) is 5.32 Å². The van der Waals surface area contributed by atoms with Gasteiger partial charge in [0.1, 0.15) is 0 Å². The van der Waals surface area contributed by atoms with Gasteiger partial charge in [-0.3, -0.25) is 4.79 Å². The molecule has 5 nitrogen and oxygen atoms in total. The van der Waals surface area contributed by atoms with Crippen LogP contribution in [0.3, 0.4) is 0 Å². The summed E-state index contributed by atoms with van der Waals surface area (Å²) in [7, 11) is 0. The highest BCUT2D eigenvalue weighted by atomic mass is 16.4. The van der Waals surface area contributed by atoms with Gasteiger partial charge in [-0.25, -0.2) is 4.79 Å². The highest BCUT2D eigenvalue weighted by molar-refractivity contribution is 5.94. The van der Waals surface area contributed by atoms with Crippen LogP contribution in [0.4, 0.5) is 0 Å². The zero-order valence-electron chi connectivity index (χ0n) is 11.8. The Morgan fingerprint density at radius 1 is 1.30 bits per heavy atom. The first-order chi connectivity index (χ1) is 9.31. The van der Waals surface area contributed by atoms with Crippen LogP contribution >= 0.6 is 0 Å². The van der Waals surface area contributed by atoms with Crippen LogP contribution in [0.1, 0.15) is 23.6 Å². The van der Waals surface area contributed by atoms with E-state index in [1.807, 2.05) is 32.0 Å². The Hall–Kier alpha value is -2.14. The van der Waals surface area contributed by atoms with Gasteiger partial charge in [0.15, 0.2) is 6.04 Å². The average molecular weight is 277 g/mol. The smallest absolute Gasteiger partial charge is 0.328 e. The van der Waals surface area contributed by atoms with Crippen molar-refractivity contribution in [2.24, 2.45) is 0 Å². The maximum Gasteiger partial charge on any atom is 0.328 e. The number of carbonyl (C=O) groups excluding carboxylic acids is 1. The number of carbonyl (C=O) groups is 2. The highest BCUT2D eigenvalue weighted by Crippen LogP contribution is 2.12. The number of rotatable bonds is 5. The Labute approximate surface area is 117 Å². The second-order valence-electron chi connectivity index (χ2n) is 4.76. The minimum atomic E-state index is -1.31. The SMILES string of the molecule is Cc1ccc(/C=C/C(=O)N[C@H](C(=O)O)[C@@H](C)O)c(C)c1. The molecular weight excluding hydrogens is 258 g/mol. The van der Waals surface area contributed by atoms with E-state index < -0.39 is 24.0 Å². The third kappa shape index (κ3) is 4.51. The van der Waals surface area contributed by atoms with Crippen LogP contribution in [-0.2, 0) is 9.59 Å². The van der Waals surface area contributed by atoms with Crippen molar-refractivity contribution in [3.05, 3.63) is 41.0 Å². The van der Waals surface area contributed by atoms with E-state index >= 15 is 0 Å². The van der Waals surface area contributed by atoms with Crippen LogP contribution in [-0.4, -0.2) is 34.2 Å². The van der Waals surface area contributed by atoms with E-state index in [-0.39, 0.29) is 0 Å². The summed E-state index contributed by atoms with van der Waals surface area (Å²) < 4.78 is 0. The molecule has 1 amide bonds. The Morgan fingerprint density at radius 3 is 2.45 bits per heavy atom. The largest absolute Gasteiger partial charge is 0.480 e. The first-order valence-electron chi connectivity index (χ1n) is 6.28. The van der Waals surface area contributed by atoms with Gasteiger partial charge in [-0.15, -0.1) is 0 Å². The number of carboxylic acid groups (broad SMARTS) is 1. The van der Waals surface area contributed by atoms with Gasteiger partial charge in [0.2, 0.25) is 5.91 Å². The van der Waals surface area contributed by atoms with E-state index in [0.717, 1.165) is 16.7 Å². The lowest BCUT2D eigenvalue weighted by molar-refractivity contribution is -0.144. The molecule has 0 aliphatic rings. The Kier molecular flexibility index (Phi) is 5.46. The summed E-state index contributed by atoms with van der Waals surface area (Å²) in [6.07, 6.45) is 1.71. The summed E-state index contributed by atoms with van der Waals surface area (Å²) in [5.74, 6) is -1.83. The van der Waals surface area contributed by atoms with Crippen LogP contribution in [0.25, 0.3) is 6.08 Å². The van der Waals surface area contributed by atoms with Gasteiger partial charge in [0, 0.05) is 6.08 Å². The third-order valence-corrected chi connectivity index (χ3v) is 2.89. The van der Waals surface area contributed by atoms with Gasteiger partial charge in [0.05, 0.1) is 6.10 Å². The zero-order valence-corrected chi connectivity index (χ0v) is 11.8. The fraction of sp³-hybridized carbons (Fsp3) is 0.333. The molecule has 0 fully saturated rings. The molecule has 0 aliphatic heterocycles. The van der Waals surface area contributed by atoms with Gasteiger partial charge in [-0.05, 0) is 38.0 Å². The van der Waals surface area contributed by atoms with Crippen molar-refractivity contribution in [3.8, 4) is 0 Å². The quantitative estimate of drug-likeness (QED) is 0.707. The van der Waals surface area contributed by atoms with E-state index in [2.05, 4.69) is 5.32 Å². The summed E-state index contributed by atoms with van der Waals surface area (Å²) in [6.45, 7) is 5.22. The second-order valence-corrected chi connectivity index (χ2v) is 4.76. The number of aliphatic hydroxyl groups excluding tert-OH is 1. The van der Waals surface area contributed by atoms with Gasteiger partial charge in [-0.1, -0.05) is 23.8 Å².